The Morgan fingerprint density at radius 1 is 1.15 bits per heavy atom. The van der Waals surface area contributed by atoms with Crippen molar-refractivity contribution in [2.75, 3.05) is 13.1 Å². The molecule has 2 heteroatoms. The molecule has 1 N–H and O–H groups in total. The molecule has 3 rings (SSSR count). The van der Waals surface area contributed by atoms with E-state index in [-0.39, 0.29) is 0 Å². The monoisotopic (exact) mass is 272 g/mol. The van der Waals surface area contributed by atoms with Gasteiger partial charge in [-0.25, -0.2) is 0 Å². The number of nitrogens with zero attached hydrogens (tertiary/aromatic N) is 1. The normalized spacial score (nSPS) is 34.8. The number of hydrogen-bond donors (Lipinski definition) is 1. The highest BCUT2D eigenvalue weighted by atomic mass is 15.2. The first-order valence-corrected chi connectivity index (χ1v) is 8.17. The highest BCUT2D eigenvalue weighted by molar-refractivity contribution is 5.30. The van der Waals surface area contributed by atoms with Crippen molar-refractivity contribution < 1.29 is 0 Å². The number of hydrogen-bond acceptors (Lipinski definition) is 2. The SMILES string of the molecule is CC1CC(C)C(C)N(CC2Cc3ccccc3CN2)C1. The molecular formula is C18H28N2. The van der Waals surface area contributed by atoms with E-state index in [1.807, 2.05) is 0 Å². The minimum Gasteiger partial charge on any atom is -0.308 e. The van der Waals surface area contributed by atoms with E-state index in [2.05, 4.69) is 55.3 Å². The van der Waals surface area contributed by atoms with Gasteiger partial charge in [-0.2, -0.15) is 0 Å². The molecule has 1 aromatic rings. The molecular weight excluding hydrogens is 244 g/mol. The Bertz CT molecular complexity index is 456. The van der Waals surface area contributed by atoms with Crippen molar-refractivity contribution in [1.82, 2.24) is 10.2 Å². The molecule has 0 aromatic heterocycles. The van der Waals surface area contributed by atoms with E-state index >= 15 is 0 Å². The molecule has 2 heterocycles. The predicted molar refractivity (Wildman–Crippen MR) is 84.8 cm³/mol. The second kappa shape index (κ2) is 5.87. The highest BCUT2D eigenvalue weighted by Gasteiger charge is 2.30. The first-order chi connectivity index (χ1) is 9.63. The van der Waals surface area contributed by atoms with Gasteiger partial charge in [-0.1, -0.05) is 38.1 Å². The van der Waals surface area contributed by atoms with E-state index in [9.17, 15) is 0 Å². The molecule has 0 bridgehead atoms. The Balaban J connectivity index is 1.64. The number of rotatable bonds is 2. The largest absolute Gasteiger partial charge is 0.308 e. The van der Waals surface area contributed by atoms with Crippen LogP contribution in [-0.2, 0) is 13.0 Å². The van der Waals surface area contributed by atoms with Crippen LogP contribution < -0.4 is 5.32 Å². The van der Waals surface area contributed by atoms with E-state index < -0.39 is 0 Å². The van der Waals surface area contributed by atoms with Crippen molar-refractivity contribution in [3.8, 4) is 0 Å². The van der Waals surface area contributed by atoms with Crippen LogP contribution in [0.1, 0.15) is 38.3 Å². The standard InChI is InChI=1S/C18H28N2/c1-13-8-14(2)15(3)20(11-13)12-18-9-16-6-4-5-7-17(16)10-19-18/h4-7,13-15,18-19H,8-12H2,1-3H3. The Morgan fingerprint density at radius 2 is 1.90 bits per heavy atom. The van der Waals surface area contributed by atoms with Crippen LogP contribution in [0, 0.1) is 11.8 Å². The van der Waals surface area contributed by atoms with Crippen molar-refractivity contribution in [2.45, 2.75) is 52.2 Å². The number of nitrogens with one attached hydrogen (secondary N) is 1. The summed E-state index contributed by atoms with van der Waals surface area (Å²) in [6.07, 6.45) is 2.57. The first-order valence-electron chi connectivity index (χ1n) is 8.17. The molecule has 1 saturated heterocycles. The van der Waals surface area contributed by atoms with E-state index in [1.54, 1.807) is 5.56 Å². The van der Waals surface area contributed by atoms with Gasteiger partial charge in [0.2, 0.25) is 0 Å². The molecule has 2 aliphatic heterocycles. The number of fused-ring (bicyclic) bond motifs is 1. The van der Waals surface area contributed by atoms with Crippen LogP contribution in [0.2, 0.25) is 0 Å². The van der Waals surface area contributed by atoms with Crippen LogP contribution in [0.5, 0.6) is 0 Å². The summed E-state index contributed by atoms with van der Waals surface area (Å²) in [4.78, 5) is 2.71. The van der Waals surface area contributed by atoms with Crippen LogP contribution in [0.25, 0.3) is 0 Å². The molecule has 4 atom stereocenters. The van der Waals surface area contributed by atoms with Crippen molar-refractivity contribution >= 4 is 0 Å². The van der Waals surface area contributed by atoms with Crippen LogP contribution in [-0.4, -0.2) is 30.1 Å². The lowest BCUT2D eigenvalue weighted by Crippen LogP contribution is -2.52. The molecule has 4 unspecified atom stereocenters. The summed E-state index contributed by atoms with van der Waals surface area (Å²) in [6, 6.07) is 10.2. The Hall–Kier alpha value is -0.860. The molecule has 0 aliphatic carbocycles. The second-order valence-electron chi connectivity index (χ2n) is 7.06. The highest BCUT2D eigenvalue weighted by Crippen LogP contribution is 2.27. The van der Waals surface area contributed by atoms with Crippen LogP contribution >= 0.6 is 0 Å². The van der Waals surface area contributed by atoms with E-state index in [4.69, 9.17) is 0 Å². The number of piperidine rings is 1. The molecule has 0 spiro atoms. The van der Waals surface area contributed by atoms with Gasteiger partial charge in [-0.15, -0.1) is 0 Å². The lowest BCUT2D eigenvalue weighted by Gasteiger charge is -2.43. The van der Waals surface area contributed by atoms with Gasteiger partial charge in [0.05, 0.1) is 0 Å². The average molecular weight is 272 g/mol. The maximum atomic E-state index is 3.73. The Morgan fingerprint density at radius 3 is 2.70 bits per heavy atom. The fourth-order valence-electron chi connectivity index (χ4n) is 4.01. The third-order valence-electron chi connectivity index (χ3n) is 5.34. The molecule has 2 nitrogen and oxygen atoms in total. The summed E-state index contributed by atoms with van der Waals surface area (Å²) in [7, 11) is 0. The van der Waals surface area contributed by atoms with Gasteiger partial charge in [0.15, 0.2) is 0 Å². The molecule has 0 amide bonds. The van der Waals surface area contributed by atoms with E-state index in [0.29, 0.717) is 6.04 Å². The fourth-order valence-corrected chi connectivity index (χ4v) is 4.01. The zero-order chi connectivity index (χ0) is 14.1. The van der Waals surface area contributed by atoms with E-state index in [1.165, 1.54) is 31.5 Å². The average Bonchev–Trinajstić information content (AvgIpc) is 2.44. The summed E-state index contributed by atoms with van der Waals surface area (Å²) >= 11 is 0. The number of benzene rings is 1. The summed E-state index contributed by atoms with van der Waals surface area (Å²) in [5.74, 6) is 1.67. The number of likely N-dealkylation sites (tertiary alicyclic amines) is 1. The first kappa shape index (κ1) is 14.1. The van der Waals surface area contributed by atoms with E-state index in [0.717, 1.165) is 24.4 Å². The summed E-state index contributed by atoms with van der Waals surface area (Å²) in [5, 5.41) is 3.73. The molecule has 20 heavy (non-hydrogen) atoms. The maximum Gasteiger partial charge on any atom is 0.0238 e. The smallest absolute Gasteiger partial charge is 0.0238 e. The van der Waals surface area contributed by atoms with Gasteiger partial charge in [-0.3, -0.25) is 4.90 Å². The maximum absolute atomic E-state index is 3.73. The lowest BCUT2D eigenvalue weighted by atomic mass is 9.85. The lowest BCUT2D eigenvalue weighted by molar-refractivity contribution is 0.0693. The van der Waals surface area contributed by atoms with Crippen LogP contribution in [0.4, 0.5) is 0 Å². The van der Waals surface area contributed by atoms with Crippen molar-refractivity contribution in [3.63, 3.8) is 0 Å². The quantitative estimate of drug-likeness (QED) is 0.890. The van der Waals surface area contributed by atoms with Crippen molar-refractivity contribution in [1.29, 1.82) is 0 Å². The predicted octanol–water partition coefficient (Wildman–Crippen LogP) is 3.07. The molecule has 110 valence electrons. The molecule has 1 fully saturated rings. The second-order valence-corrected chi connectivity index (χ2v) is 7.06. The zero-order valence-corrected chi connectivity index (χ0v) is 13.1. The molecule has 1 aromatic carbocycles. The van der Waals surface area contributed by atoms with Gasteiger partial charge < -0.3 is 5.32 Å². The van der Waals surface area contributed by atoms with Crippen molar-refractivity contribution in [2.24, 2.45) is 11.8 Å². The zero-order valence-electron chi connectivity index (χ0n) is 13.1. The summed E-state index contributed by atoms with van der Waals surface area (Å²) < 4.78 is 0. The summed E-state index contributed by atoms with van der Waals surface area (Å²) in [5.41, 5.74) is 3.03. The van der Waals surface area contributed by atoms with Crippen molar-refractivity contribution in [3.05, 3.63) is 35.4 Å². The summed E-state index contributed by atoms with van der Waals surface area (Å²) in [6.45, 7) is 10.7. The van der Waals surface area contributed by atoms with Crippen LogP contribution in [0.3, 0.4) is 0 Å². The molecule has 0 saturated carbocycles. The third kappa shape index (κ3) is 2.91. The van der Waals surface area contributed by atoms with Gasteiger partial charge in [-0.05, 0) is 42.7 Å². The third-order valence-corrected chi connectivity index (χ3v) is 5.34. The van der Waals surface area contributed by atoms with Crippen LogP contribution in [0.15, 0.2) is 24.3 Å². The fraction of sp³-hybridized carbons (Fsp3) is 0.667. The minimum atomic E-state index is 0.616. The molecule has 0 radical (unpaired) electrons. The Kier molecular flexibility index (Phi) is 4.13. The van der Waals surface area contributed by atoms with Gasteiger partial charge in [0.25, 0.3) is 0 Å². The van der Waals surface area contributed by atoms with Gasteiger partial charge >= 0.3 is 0 Å². The minimum absolute atomic E-state index is 0.616. The van der Waals surface area contributed by atoms with Gasteiger partial charge in [0, 0.05) is 31.7 Å². The topological polar surface area (TPSA) is 15.3 Å². The Labute approximate surface area is 123 Å². The molecule has 2 aliphatic rings. The van der Waals surface area contributed by atoms with Gasteiger partial charge in [0.1, 0.15) is 0 Å².